The zero-order valence-electron chi connectivity index (χ0n) is 18.4. The Kier molecular flexibility index (Phi) is 7.00. The molecule has 0 radical (unpaired) electrons. The molecule has 0 atom stereocenters. The van der Waals surface area contributed by atoms with Crippen LogP contribution >= 0.6 is 22.9 Å². The number of hydrogen-bond acceptors (Lipinski definition) is 6. The van der Waals surface area contributed by atoms with Gasteiger partial charge >= 0.3 is 12.1 Å². The van der Waals surface area contributed by atoms with E-state index >= 15 is 0 Å². The van der Waals surface area contributed by atoms with Crippen LogP contribution in [0.5, 0.6) is 0 Å². The Morgan fingerprint density at radius 2 is 1.85 bits per heavy atom. The average molecular weight is 497 g/mol. The van der Waals surface area contributed by atoms with Crippen LogP contribution in [0.3, 0.4) is 0 Å². The average Bonchev–Trinajstić information content (AvgIpc) is 3.43. The van der Waals surface area contributed by atoms with Crippen LogP contribution in [0.15, 0.2) is 65.2 Å². The van der Waals surface area contributed by atoms with Gasteiger partial charge in [-0.15, -0.1) is 11.3 Å². The van der Waals surface area contributed by atoms with Gasteiger partial charge in [0.05, 0.1) is 17.3 Å². The number of carbonyl (C=O) groups is 2. The zero-order chi connectivity index (χ0) is 24.2. The fourth-order valence-corrected chi connectivity index (χ4v) is 4.61. The van der Waals surface area contributed by atoms with Crippen LogP contribution in [0.25, 0.3) is 11.3 Å². The molecule has 0 aliphatic heterocycles. The Morgan fingerprint density at radius 3 is 2.50 bits per heavy atom. The van der Waals surface area contributed by atoms with Crippen molar-refractivity contribution in [1.29, 1.82) is 0 Å². The quantitative estimate of drug-likeness (QED) is 0.297. The van der Waals surface area contributed by atoms with Gasteiger partial charge in [0.1, 0.15) is 16.3 Å². The van der Waals surface area contributed by atoms with Crippen LogP contribution in [-0.2, 0) is 11.2 Å². The van der Waals surface area contributed by atoms with E-state index in [1.165, 1.54) is 16.2 Å². The molecule has 0 fully saturated rings. The molecule has 1 N–H and O–H groups in total. The number of hydrogen-bond donors (Lipinski definition) is 1. The van der Waals surface area contributed by atoms with E-state index in [9.17, 15) is 9.59 Å². The van der Waals surface area contributed by atoms with Gasteiger partial charge in [0, 0.05) is 16.9 Å². The van der Waals surface area contributed by atoms with E-state index in [0.717, 1.165) is 16.0 Å². The Labute approximate surface area is 205 Å². The molecule has 7 nitrogen and oxygen atoms in total. The van der Waals surface area contributed by atoms with E-state index in [1.54, 1.807) is 44.2 Å². The number of para-hydroxylation sites is 1. The van der Waals surface area contributed by atoms with Crippen molar-refractivity contribution in [2.75, 3.05) is 11.5 Å². The number of benzene rings is 2. The summed E-state index contributed by atoms with van der Waals surface area (Å²) in [6.07, 6.45) is 0.0152. The van der Waals surface area contributed by atoms with Crippen molar-refractivity contribution in [1.82, 2.24) is 5.16 Å². The number of halogens is 1. The Hall–Kier alpha value is -3.62. The SMILES string of the molecule is CCOC(=O)N(c1ccccc1Cl)c1c(C)noc1-c1ccc(Cc2ccc(C(=O)O)s2)cc1. The number of thiophene rings is 1. The number of carboxylic acids is 1. The van der Waals surface area contributed by atoms with E-state index in [1.807, 2.05) is 30.3 Å². The summed E-state index contributed by atoms with van der Waals surface area (Å²) in [5.74, 6) is -0.522. The molecule has 0 saturated heterocycles. The molecule has 0 unspecified atom stereocenters. The number of aromatic carboxylic acids is 1. The summed E-state index contributed by atoms with van der Waals surface area (Å²) in [6, 6.07) is 18.0. The highest BCUT2D eigenvalue weighted by atomic mass is 35.5. The van der Waals surface area contributed by atoms with Crippen molar-refractivity contribution in [2.45, 2.75) is 20.3 Å². The van der Waals surface area contributed by atoms with Gasteiger partial charge < -0.3 is 14.4 Å². The van der Waals surface area contributed by atoms with Gasteiger partial charge in [-0.25, -0.2) is 14.5 Å². The van der Waals surface area contributed by atoms with Crippen molar-refractivity contribution in [2.24, 2.45) is 0 Å². The van der Waals surface area contributed by atoms with Gasteiger partial charge in [0.2, 0.25) is 0 Å². The number of carbonyl (C=O) groups excluding carboxylic acids is 1. The first-order valence-corrected chi connectivity index (χ1v) is 11.7. The van der Waals surface area contributed by atoms with Gasteiger partial charge in [-0.3, -0.25) is 0 Å². The smallest absolute Gasteiger partial charge is 0.419 e. The van der Waals surface area contributed by atoms with Crippen molar-refractivity contribution in [3.8, 4) is 11.3 Å². The molecule has 0 aliphatic carbocycles. The molecular weight excluding hydrogens is 476 g/mol. The number of amides is 1. The van der Waals surface area contributed by atoms with E-state index < -0.39 is 12.1 Å². The predicted molar refractivity (Wildman–Crippen MR) is 131 cm³/mol. The number of anilines is 2. The second kappa shape index (κ2) is 10.1. The van der Waals surface area contributed by atoms with Crippen LogP contribution in [0, 0.1) is 6.92 Å². The van der Waals surface area contributed by atoms with Gasteiger partial charge in [0.15, 0.2) is 5.76 Å². The highest BCUT2D eigenvalue weighted by Crippen LogP contribution is 2.41. The molecule has 4 aromatic rings. The Morgan fingerprint density at radius 1 is 1.12 bits per heavy atom. The molecule has 1 amide bonds. The lowest BCUT2D eigenvalue weighted by molar-refractivity contribution is 0.0702. The number of aryl methyl sites for hydroxylation is 1. The molecule has 174 valence electrons. The second-order valence-electron chi connectivity index (χ2n) is 7.38. The molecule has 2 aromatic heterocycles. The highest BCUT2D eigenvalue weighted by Gasteiger charge is 2.29. The standard InChI is InChI=1S/C25H21ClN2O5S/c1-3-32-25(31)28(20-7-5-4-6-19(20)26)22-15(2)27-33-23(22)17-10-8-16(9-11-17)14-18-12-13-21(34-18)24(29)30/h4-13H,3,14H2,1-2H3,(H,29,30). The van der Waals surface area contributed by atoms with Gasteiger partial charge in [-0.1, -0.05) is 53.2 Å². The number of nitrogens with zero attached hydrogens (tertiary/aromatic N) is 2. The lowest BCUT2D eigenvalue weighted by Crippen LogP contribution is -2.27. The molecular formula is C25H21ClN2O5S. The maximum atomic E-state index is 13.0. The minimum atomic E-state index is -0.926. The predicted octanol–water partition coefficient (Wildman–Crippen LogP) is 6.95. The first kappa shape index (κ1) is 23.5. The monoisotopic (exact) mass is 496 g/mol. The summed E-state index contributed by atoms with van der Waals surface area (Å²) in [7, 11) is 0. The second-order valence-corrected chi connectivity index (χ2v) is 8.95. The van der Waals surface area contributed by atoms with E-state index in [4.69, 9.17) is 26.0 Å². The summed E-state index contributed by atoms with van der Waals surface area (Å²) in [4.78, 5) is 26.7. The summed E-state index contributed by atoms with van der Waals surface area (Å²) >= 11 is 7.67. The maximum absolute atomic E-state index is 13.0. The Balaban J connectivity index is 1.69. The Bertz CT molecular complexity index is 1330. The molecule has 2 aromatic carbocycles. The summed E-state index contributed by atoms with van der Waals surface area (Å²) in [6.45, 7) is 3.67. The highest BCUT2D eigenvalue weighted by molar-refractivity contribution is 7.13. The number of carboxylic acid groups (broad SMARTS) is 1. The molecule has 0 saturated carbocycles. The van der Waals surface area contributed by atoms with Crippen molar-refractivity contribution < 1.29 is 24.0 Å². The topological polar surface area (TPSA) is 92.9 Å². The summed E-state index contributed by atoms with van der Waals surface area (Å²) in [5.41, 5.74) is 3.14. The normalized spacial score (nSPS) is 10.8. The van der Waals surface area contributed by atoms with Gasteiger partial charge in [-0.05, 0) is 43.7 Å². The first-order valence-electron chi connectivity index (χ1n) is 10.5. The van der Waals surface area contributed by atoms with Crippen molar-refractivity contribution in [3.05, 3.63) is 86.7 Å². The van der Waals surface area contributed by atoms with Crippen molar-refractivity contribution in [3.63, 3.8) is 0 Å². The minimum Gasteiger partial charge on any atom is -0.477 e. The van der Waals surface area contributed by atoms with E-state index in [2.05, 4.69) is 5.16 Å². The lowest BCUT2D eigenvalue weighted by Gasteiger charge is -2.23. The summed E-state index contributed by atoms with van der Waals surface area (Å²) < 4.78 is 10.9. The fourth-order valence-electron chi connectivity index (χ4n) is 3.51. The van der Waals surface area contributed by atoms with Crippen LogP contribution in [0.4, 0.5) is 16.2 Å². The molecule has 4 rings (SSSR count). The van der Waals surface area contributed by atoms with E-state index in [0.29, 0.717) is 39.1 Å². The van der Waals surface area contributed by atoms with Crippen LogP contribution in [-0.4, -0.2) is 28.9 Å². The van der Waals surface area contributed by atoms with Gasteiger partial charge in [-0.2, -0.15) is 0 Å². The van der Waals surface area contributed by atoms with Gasteiger partial charge in [0.25, 0.3) is 0 Å². The third kappa shape index (κ3) is 4.83. The zero-order valence-corrected chi connectivity index (χ0v) is 20.0. The maximum Gasteiger partial charge on any atom is 0.419 e. The first-order chi connectivity index (χ1) is 16.4. The van der Waals surface area contributed by atoms with Crippen LogP contribution < -0.4 is 4.90 Å². The lowest BCUT2D eigenvalue weighted by atomic mass is 10.1. The third-order valence-electron chi connectivity index (χ3n) is 5.07. The molecule has 0 spiro atoms. The van der Waals surface area contributed by atoms with Crippen LogP contribution in [0.2, 0.25) is 5.02 Å². The molecule has 9 heteroatoms. The molecule has 34 heavy (non-hydrogen) atoms. The minimum absolute atomic E-state index is 0.195. The molecule has 2 heterocycles. The van der Waals surface area contributed by atoms with Crippen molar-refractivity contribution >= 4 is 46.4 Å². The number of rotatable bonds is 7. The molecule has 0 aliphatic rings. The van der Waals surface area contributed by atoms with Crippen LogP contribution in [0.1, 0.15) is 32.7 Å². The third-order valence-corrected chi connectivity index (χ3v) is 6.46. The molecule has 0 bridgehead atoms. The van der Waals surface area contributed by atoms with E-state index in [-0.39, 0.29) is 6.61 Å². The largest absolute Gasteiger partial charge is 0.477 e. The fraction of sp³-hybridized carbons (Fsp3) is 0.160. The summed E-state index contributed by atoms with van der Waals surface area (Å²) in [5, 5.41) is 13.6. The number of aromatic nitrogens is 1. The number of ether oxygens (including phenoxy) is 1.